The molecule has 216 valence electrons. The molecule has 0 unspecified atom stereocenters. The van der Waals surface area contributed by atoms with Gasteiger partial charge in [0.15, 0.2) is 0 Å². The highest BCUT2D eigenvalue weighted by atomic mass is 16.5. The first kappa shape index (κ1) is 27.7. The molecule has 0 bridgehead atoms. The van der Waals surface area contributed by atoms with Crippen LogP contribution >= 0.6 is 0 Å². The monoisotopic (exact) mass is 564 g/mol. The Morgan fingerprint density at radius 2 is 1.83 bits per heavy atom. The average Bonchev–Trinajstić information content (AvgIpc) is 3.24. The van der Waals surface area contributed by atoms with Crippen molar-refractivity contribution in [3.8, 4) is 0 Å². The number of carbonyl (C=O) groups is 2. The van der Waals surface area contributed by atoms with Gasteiger partial charge in [-0.1, -0.05) is 11.6 Å². The Morgan fingerprint density at radius 3 is 2.57 bits per heavy atom. The second kappa shape index (κ2) is 11.1. The number of anilines is 4. The van der Waals surface area contributed by atoms with Crippen LogP contribution in [0.15, 0.2) is 54.7 Å². The minimum atomic E-state index is -0.681. The molecular formula is C33H36N6O3. The van der Waals surface area contributed by atoms with Crippen LogP contribution in [0.5, 0.6) is 0 Å². The summed E-state index contributed by atoms with van der Waals surface area (Å²) >= 11 is 0. The number of rotatable bonds is 7. The number of nitrogens with one attached hydrogen (secondary N) is 3. The van der Waals surface area contributed by atoms with Gasteiger partial charge in [0.05, 0.1) is 23.1 Å². The summed E-state index contributed by atoms with van der Waals surface area (Å²) < 4.78 is 5.02. The lowest BCUT2D eigenvalue weighted by atomic mass is 9.73. The molecule has 2 amide bonds. The fraction of sp³-hybridized carbons (Fsp3) is 0.333. The molecule has 2 aliphatic rings. The summed E-state index contributed by atoms with van der Waals surface area (Å²) in [5.41, 5.74) is 8.13. The van der Waals surface area contributed by atoms with E-state index in [9.17, 15) is 9.59 Å². The van der Waals surface area contributed by atoms with E-state index in [0.29, 0.717) is 37.4 Å². The molecule has 2 aromatic carbocycles. The Balaban J connectivity index is 1.17. The van der Waals surface area contributed by atoms with Crippen molar-refractivity contribution < 1.29 is 14.3 Å². The van der Waals surface area contributed by atoms with Gasteiger partial charge in [-0.25, -0.2) is 4.98 Å². The normalized spacial score (nSPS) is 15.5. The molecule has 1 saturated heterocycles. The van der Waals surface area contributed by atoms with Crippen LogP contribution in [-0.4, -0.2) is 55.1 Å². The van der Waals surface area contributed by atoms with Crippen molar-refractivity contribution in [3.63, 3.8) is 0 Å². The van der Waals surface area contributed by atoms with Gasteiger partial charge in [0.1, 0.15) is 5.82 Å². The molecule has 0 saturated carbocycles. The zero-order valence-corrected chi connectivity index (χ0v) is 24.5. The number of aromatic nitrogens is 2. The van der Waals surface area contributed by atoms with Crippen LogP contribution in [0.3, 0.4) is 0 Å². The molecule has 0 atom stereocenters. The predicted octanol–water partition coefficient (Wildman–Crippen LogP) is 5.17. The first-order chi connectivity index (χ1) is 20.3. The number of hydrogen-bond acceptors (Lipinski definition) is 7. The molecule has 6 rings (SSSR count). The molecule has 1 fully saturated rings. The molecule has 4 aromatic rings. The Labute approximate surface area is 245 Å². The van der Waals surface area contributed by atoms with Crippen molar-refractivity contribution in [1.82, 2.24) is 15.3 Å². The van der Waals surface area contributed by atoms with Gasteiger partial charge in [0, 0.05) is 66.6 Å². The lowest BCUT2D eigenvalue weighted by molar-refractivity contribution is -0.121. The third kappa shape index (κ3) is 5.05. The number of aryl methyl sites for hydroxylation is 3. The zero-order valence-electron chi connectivity index (χ0n) is 24.5. The largest absolute Gasteiger partial charge is 0.383 e. The Hall–Kier alpha value is -4.50. The Morgan fingerprint density at radius 1 is 1.07 bits per heavy atom. The molecule has 9 heteroatoms. The summed E-state index contributed by atoms with van der Waals surface area (Å²) in [7, 11) is 1.59. The summed E-state index contributed by atoms with van der Waals surface area (Å²) in [6.45, 7) is 8.52. The van der Waals surface area contributed by atoms with E-state index in [0.717, 1.165) is 52.3 Å². The summed E-state index contributed by atoms with van der Waals surface area (Å²) in [5.74, 6) is 0.302. The zero-order chi connectivity index (χ0) is 29.4. The fourth-order valence-electron chi connectivity index (χ4n) is 6.24. The van der Waals surface area contributed by atoms with Gasteiger partial charge in [0.2, 0.25) is 5.91 Å². The van der Waals surface area contributed by atoms with Crippen molar-refractivity contribution in [2.75, 3.05) is 48.9 Å². The maximum atomic E-state index is 13.2. The summed E-state index contributed by atoms with van der Waals surface area (Å²) in [5, 5.41) is 10.5. The Kier molecular flexibility index (Phi) is 7.28. The molecule has 0 aliphatic carbocycles. The quantitative estimate of drug-likeness (QED) is 0.266. The number of piperidine rings is 1. The summed E-state index contributed by atoms with van der Waals surface area (Å²) in [6, 6.07) is 16.7. The average molecular weight is 565 g/mol. The Bertz CT molecular complexity index is 1680. The van der Waals surface area contributed by atoms with E-state index in [1.807, 2.05) is 13.0 Å². The first-order valence-corrected chi connectivity index (χ1v) is 14.4. The van der Waals surface area contributed by atoms with Crippen LogP contribution in [0, 0.1) is 20.8 Å². The van der Waals surface area contributed by atoms with Crippen molar-refractivity contribution in [1.29, 1.82) is 0 Å². The molecule has 4 heterocycles. The maximum absolute atomic E-state index is 13.2. The lowest BCUT2D eigenvalue weighted by Gasteiger charge is -2.39. The number of benzene rings is 2. The van der Waals surface area contributed by atoms with Crippen molar-refractivity contribution in [2.24, 2.45) is 0 Å². The molecule has 42 heavy (non-hydrogen) atoms. The molecule has 1 spiro atoms. The predicted molar refractivity (Wildman–Crippen MR) is 166 cm³/mol. The van der Waals surface area contributed by atoms with Gasteiger partial charge in [-0.3, -0.25) is 14.6 Å². The highest BCUT2D eigenvalue weighted by Crippen LogP contribution is 2.45. The topological polar surface area (TPSA) is 108 Å². The number of hydrogen-bond donors (Lipinski definition) is 3. The fourth-order valence-corrected chi connectivity index (χ4v) is 6.24. The van der Waals surface area contributed by atoms with E-state index >= 15 is 0 Å². The van der Waals surface area contributed by atoms with Crippen LogP contribution in [0.2, 0.25) is 0 Å². The SMILES string of the molecule is COCCNC(=O)c1cnc2c(c1)C1(CCN(c3ccc(Nc4cc(C)nc5c(C)cc(C)cc45)cc3)CC1)C(=O)N2. The number of fused-ring (bicyclic) bond motifs is 3. The summed E-state index contributed by atoms with van der Waals surface area (Å²) in [6.07, 6.45) is 2.80. The molecular weight excluding hydrogens is 528 g/mol. The van der Waals surface area contributed by atoms with Crippen LogP contribution in [0.4, 0.5) is 22.9 Å². The van der Waals surface area contributed by atoms with Crippen molar-refractivity contribution >= 4 is 45.6 Å². The molecule has 9 nitrogen and oxygen atoms in total. The highest BCUT2D eigenvalue weighted by Gasteiger charge is 2.49. The third-order valence-corrected chi connectivity index (χ3v) is 8.43. The van der Waals surface area contributed by atoms with Gasteiger partial charge in [0.25, 0.3) is 5.91 Å². The number of amides is 2. The number of ether oxygens (including phenoxy) is 1. The van der Waals surface area contributed by atoms with Crippen LogP contribution in [-0.2, 0) is 14.9 Å². The van der Waals surface area contributed by atoms with Gasteiger partial charge >= 0.3 is 0 Å². The lowest BCUT2D eigenvalue weighted by Crippen LogP contribution is -2.46. The van der Waals surface area contributed by atoms with E-state index in [2.05, 4.69) is 82.1 Å². The molecule has 0 radical (unpaired) electrons. The molecule has 3 N–H and O–H groups in total. The van der Waals surface area contributed by atoms with E-state index in [-0.39, 0.29) is 11.8 Å². The first-order valence-electron chi connectivity index (χ1n) is 14.4. The van der Waals surface area contributed by atoms with Crippen LogP contribution in [0.25, 0.3) is 10.9 Å². The van der Waals surface area contributed by atoms with Crippen molar-refractivity contribution in [2.45, 2.75) is 39.0 Å². The molecule has 2 aromatic heterocycles. The highest BCUT2D eigenvalue weighted by molar-refractivity contribution is 6.06. The minimum absolute atomic E-state index is 0.0357. The second-order valence-corrected chi connectivity index (χ2v) is 11.4. The van der Waals surface area contributed by atoms with E-state index in [1.165, 1.54) is 17.3 Å². The number of nitrogens with zero attached hydrogens (tertiary/aromatic N) is 3. The van der Waals surface area contributed by atoms with Gasteiger partial charge in [-0.15, -0.1) is 0 Å². The van der Waals surface area contributed by atoms with E-state index in [4.69, 9.17) is 9.72 Å². The maximum Gasteiger partial charge on any atom is 0.252 e. The third-order valence-electron chi connectivity index (χ3n) is 8.43. The second-order valence-electron chi connectivity index (χ2n) is 11.4. The smallest absolute Gasteiger partial charge is 0.252 e. The number of pyridine rings is 2. The van der Waals surface area contributed by atoms with Gasteiger partial charge < -0.3 is 25.6 Å². The van der Waals surface area contributed by atoms with E-state index < -0.39 is 5.41 Å². The standard InChI is InChI=1S/C33H36N6O3/c1-20-15-21(2)29-26(16-20)28(17-22(3)36-29)37-24-5-7-25(8-6-24)39-12-9-33(10-13-39)27-18-23(31(40)34-11-14-42-4)19-35-30(27)38-32(33)41/h5-8,15-19H,9-14H2,1-4H3,(H,34,40)(H,36,37)(H,35,38,41). The van der Waals surface area contributed by atoms with Gasteiger partial charge in [-0.2, -0.15) is 0 Å². The number of methoxy groups -OCH3 is 1. The summed E-state index contributed by atoms with van der Waals surface area (Å²) in [4.78, 5) is 37.4. The molecule has 2 aliphatic heterocycles. The van der Waals surface area contributed by atoms with Crippen LogP contribution < -0.4 is 20.9 Å². The number of carbonyl (C=O) groups excluding carboxylic acids is 2. The van der Waals surface area contributed by atoms with Crippen molar-refractivity contribution in [3.05, 3.63) is 82.7 Å². The van der Waals surface area contributed by atoms with E-state index in [1.54, 1.807) is 7.11 Å². The van der Waals surface area contributed by atoms with Crippen LogP contribution in [0.1, 0.15) is 45.6 Å². The van der Waals surface area contributed by atoms with Gasteiger partial charge in [-0.05, 0) is 81.6 Å². The minimum Gasteiger partial charge on any atom is -0.383 e.